The average Bonchev–Trinajstić information content (AvgIpc) is 3.11. The van der Waals surface area contributed by atoms with Crippen molar-refractivity contribution < 1.29 is 0 Å². The number of benzene rings is 2. The summed E-state index contributed by atoms with van der Waals surface area (Å²) in [4.78, 5) is 26.5. The first-order valence-electron chi connectivity index (χ1n) is 11.1. The van der Waals surface area contributed by atoms with Crippen LogP contribution in [0.2, 0.25) is 0 Å². The molecule has 31 heavy (non-hydrogen) atoms. The third-order valence-electron chi connectivity index (χ3n) is 6.18. The fourth-order valence-corrected chi connectivity index (χ4v) is 4.49. The van der Waals surface area contributed by atoms with Crippen molar-refractivity contribution in [3.8, 4) is 0 Å². The number of hydrogen-bond acceptors (Lipinski definition) is 5. The molecule has 0 amide bonds. The molecule has 0 aliphatic carbocycles. The summed E-state index contributed by atoms with van der Waals surface area (Å²) in [5.74, 6) is 0.773. The number of H-pyrrole nitrogens is 1. The zero-order valence-corrected chi connectivity index (χ0v) is 17.9. The summed E-state index contributed by atoms with van der Waals surface area (Å²) >= 11 is 0. The van der Waals surface area contributed by atoms with Gasteiger partial charge in [0.15, 0.2) is 0 Å². The van der Waals surface area contributed by atoms with E-state index < -0.39 is 0 Å². The third-order valence-corrected chi connectivity index (χ3v) is 6.18. The zero-order chi connectivity index (χ0) is 21.2. The van der Waals surface area contributed by atoms with Gasteiger partial charge in [-0.15, -0.1) is 0 Å². The molecule has 160 valence electrons. The topological polar surface area (TPSA) is 78.8 Å². The fraction of sp³-hybridized carbons (Fsp3) is 0.375. The first-order valence-corrected chi connectivity index (χ1v) is 11.1. The van der Waals surface area contributed by atoms with Gasteiger partial charge in [-0.25, -0.2) is 14.8 Å². The summed E-state index contributed by atoms with van der Waals surface area (Å²) in [5.41, 5.74) is 4.97. The van der Waals surface area contributed by atoms with E-state index in [1.807, 2.05) is 19.1 Å². The monoisotopic (exact) mass is 416 g/mol. The number of imidazole rings is 1. The maximum absolute atomic E-state index is 12.2. The molecule has 4 aromatic rings. The minimum Gasteiger partial charge on any atom is -0.365 e. The molecule has 1 aliphatic heterocycles. The van der Waals surface area contributed by atoms with Crippen LogP contribution in [0.3, 0.4) is 0 Å². The Kier molecular flexibility index (Phi) is 5.42. The lowest BCUT2D eigenvalue weighted by atomic mass is 10.1. The van der Waals surface area contributed by atoms with Gasteiger partial charge in [-0.1, -0.05) is 30.7 Å². The van der Waals surface area contributed by atoms with E-state index >= 15 is 0 Å². The van der Waals surface area contributed by atoms with Gasteiger partial charge >= 0.3 is 5.69 Å². The second-order valence-electron chi connectivity index (χ2n) is 8.29. The SMILES string of the molecule is CCn1c(=O)[nH]c2cc3c(NCc4ccc(CN5CCCCC5)cc4)ncnc3cc21. The summed E-state index contributed by atoms with van der Waals surface area (Å²) < 4.78 is 1.72. The molecule has 0 spiro atoms. The molecule has 0 atom stereocenters. The van der Waals surface area contributed by atoms with Crippen LogP contribution in [0.15, 0.2) is 47.5 Å². The molecule has 0 unspecified atom stereocenters. The van der Waals surface area contributed by atoms with Crippen molar-refractivity contribution in [2.75, 3.05) is 18.4 Å². The minimum atomic E-state index is -0.0973. The van der Waals surface area contributed by atoms with Gasteiger partial charge in [-0.3, -0.25) is 9.47 Å². The molecule has 2 aromatic carbocycles. The average molecular weight is 417 g/mol. The summed E-state index contributed by atoms with van der Waals surface area (Å²) in [7, 11) is 0. The second kappa shape index (κ2) is 8.51. The quantitative estimate of drug-likeness (QED) is 0.499. The summed E-state index contributed by atoms with van der Waals surface area (Å²) in [6.45, 7) is 6.73. The summed E-state index contributed by atoms with van der Waals surface area (Å²) in [6, 6.07) is 12.7. The number of nitrogens with zero attached hydrogens (tertiary/aromatic N) is 4. The zero-order valence-electron chi connectivity index (χ0n) is 17.9. The van der Waals surface area contributed by atoms with Crippen LogP contribution in [-0.4, -0.2) is 37.5 Å². The third kappa shape index (κ3) is 4.05. The number of rotatable bonds is 6. The van der Waals surface area contributed by atoms with E-state index in [2.05, 4.69) is 49.4 Å². The number of fused-ring (bicyclic) bond motifs is 2. The van der Waals surface area contributed by atoms with Crippen molar-refractivity contribution in [3.63, 3.8) is 0 Å². The highest BCUT2D eigenvalue weighted by atomic mass is 16.1. The largest absolute Gasteiger partial charge is 0.365 e. The van der Waals surface area contributed by atoms with Gasteiger partial charge in [-0.2, -0.15) is 0 Å². The Morgan fingerprint density at radius 2 is 1.81 bits per heavy atom. The van der Waals surface area contributed by atoms with Crippen molar-refractivity contribution in [1.82, 2.24) is 24.4 Å². The van der Waals surface area contributed by atoms with Crippen molar-refractivity contribution in [2.45, 2.75) is 45.8 Å². The Morgan fingerprint density at radius 3 is 2.58 bits per heavy atom. The predicted molar refractivity (Wildman–Crippen MR) is 124 cm³/mol. The number of hydrogen-bond donors (Lipinski definition) is 2. The number of aromatic nitrogens is 4. The van der Waals surface area contributed by atoms with Gasteiger partial charge in [0, 0.05) is 25.0 Å². The van der Waals surface area contributed by atoms with E-state index in [-0.39, 0.29) is 5.69 Å². The van der Waals surface area contributed by atoms with Crippen LogP contribution in [0.5, 0.6) is 0 Å². The van der Waals surface area contributed by atoms with Gasteiger partial charge < -0.3 is 10.3 Å². The van der Waals surface area contributed by atoms with Crippen molar-refractivity contribution in [3.05, 3.63) is 64.3 Å². The van der Waals surface area contributed by atoms with Crippen molar-refractivity contribution >= 4 is 27.8 Å². The van der Waals surface area contributed by atoms with Gasteiger partial charge in [0.25, 0.3) is 0 Å². The number of likely N-dealkylation sites (tertiary alicyclic amines) is 1. The first kappa shape index (κ1) is 19.8. The number of piperidine rings is 1. The summed E-state index contributed by atoms with van der Waals surface area (Å²) in [5, 5.41) is 4.35. The molecular formula is C24H28N6O. The number of aryl methyl sites for hydroxylation is 1. The van der Waals surface area contributed by atoms with Crippen molar-refractivity contribution in [1.29, 1.82) is 0 Å². The molecule has 7 heteroatoms. The molecule has 0 radical (unpaired) electrons. The van der Waals surface area contributed by atoms with E-state index in [0.717, 1.165) is 34.3 Å². The minimum absolute atomic E-state index is 0.0973. The predicted octanol–water partition coefficient (Wildman–Crippen LogP) is 3.89. The molecule has 2 aromatic heterocycles. The molecule has 1 aliphatic rings. The maximum Gasteiger partial charge on any atom is 0.326 e. The molecule has 3 heterocycles. The van der Waals surface area contributed by atoms with Crippen LogP contribution in [-0.2, 0) is 19.6 Å². The Balaban J connectivity index is 1.33. The van der Waals surface area contributed by atoms with E-state index in [4.69, 9.17) is 0 Å². The highest BCUT2D eigenvalue weighted by Crippen LogP contribution is 2.24. The number of aromatic amines is 1. The van der Waals surface area contributed by atoms with E-state index in [0.29, 0.717) is 13.1 Å². The van der Waals surface area contributed by atoms with Crippen LogP contribution < -0.4 is 11.0 Å². The van der Waals surface area contributed by atoms with E-state index in [1.165, 1.54) is 43.5 Å². The Labute approximate surface area is 181 Å². The smallest absolute Gasteiger partial charge is 0.326 e. The number of nitrogens with one attached hydrogen (secondary N) is 2. The van der Waals surface area contributed by atoms with Gasteiger partial charge in [-0.05, 0) is 56.1 Å². The highest BCUT2D eigenvalue weighted by Gasteiger charge is 2.12. The Bertz CT molecular complexity index is 1250. The molecule has 5 rings (SSSR count). The molecule has 0 bridgehead atoms. The fourth-order valence-electron chi connectivity index (χ4n) is 4.49. The molecule has 1 fully saturated rings. The lowest BCUT2D eigenvalue weighted by Crippen LogP contribution is -2.29. The van der Waals surface area contributed by atoms with Crippen molar-refractivity contribution in [2.24, 2.45) is 0 Å². The van der Waals surface area contributed by atoms with Crippen LogP contribution in [0, 0.1) is 0 Å². The van der Waals surface area contributed by atoms with Gasteiger partial charge in [0.05, 0.1) is 16.6 Å². The van der Waals surface area contributed by atoms with Crippen LogP contribution >= 0.6 is 0 Å². The number of anilines is 1. The lowest BCUT2D eigenvalue weighted by Gasteiger charge is -2.26. The van der Waals surface area contributed by atoms with Crippen LogP contribution in [0.4, 0.5) is 5.82 Å². The summed E-state index contributed by atoms with van der Waals surface area (Å²) in [6.07, 6.45) is 5.57. The second-order valence-corrected chi connectivity index (χ2v) is 8.29. The molecule has 2 N–H and O–H groups in total. The van der Waals surface area contributed by atoms with Gasteiger partial charge in [0.1, 0.15) is 12.1 Å². The Morgan fingerprint density at radius 1 is 1.03 bits per heavy atom. The molecule has 0 saturated carbocycles. The molecular weight excluding hydrogens is 388 g/mol. The van der Waals surface area contributed by atoms with E-state index in [1.54, 1.807) is 10.9 Å². The lowest BCUT2D eigenvalue weighted by molar-refractivity contribution is 0.221. The van der Waals surface area contributed by atoms with Crippen LogP contribution in [0.1, 0.15) is 37.3 Å². The highest BCUT2D eigenvalue weighted by molar-refractivity contribution is 5.98. The Hall–Kier alpha value is -3.19. The standard InChI is InChI=1S/C24H28N6O/c1-2-30-22-13-20-19(12-21(22)28-24(30)31)23(27-16-26-20)25-14-17-6-8-18(9-7-17)15-29-10-4-3-5-11-29/h6-9,12-13,16H,2-5,10-11,14-15H2,1H3,(H,28,31)(H,25,26,27). The maximum atomic E-state index is 12.2. The molecule has 7 nitrogen and oxygen atoms in total. The van der Waals surface area contributed by atoms with Crippen LogP contribution in [0.25, 0.3) is 21.9 Å². The van der Waals surface area contributed by atoms with Gasteiger partial charge in [0.2, 0.25) is 0 Å². The van der Waals surface area contributed by atoms with E-state index in [9.17, 15) is 4.79 Å². The molecule has 1 saturated heterocycles. The normalized spacial score (nSPS) is 15.0. The first-order chi connectivity index (χ1) is 15.2.